The third kappa shape index (κ3) is 3.83. The van der Waals surface area contributed by atoms with E-state index in [0.29, 0.717) is 16.4 Å². The summed E-state index contributed by atoms with van der Waals surface area (Å²) in [5.41, 5.74) is 2.82. The number of nitrogens with zero attached hydrogens (tertiary/aromatic N) is 7. The molecule has 1 aliphatic carbocycles. The molecule has 0 unspecified atom stereocenters. The summed E-state index contributed by atoms with van der Waals surface area (Å²) in [5.74, 6) is 0.182. The molecule has 3 aromatic heterocycles. The fourth-order valence-electron chi connectivity index (χ4n) is 3.64. The summed E-state index contributed by atoms with van der Waals surface area (Å²) >= 11 is 1.50. The third-order valence-corrected chi connectivity index (χ3v) is 6.35. The fourth-order valence-corrected chi connectivity index (χ4v) is 4.87. The van der Waals surface area contributed by atoms with Gasteiger partial charge < -0.3 is 5.32 Å². The van der Waals surface area contributed by atoms with Crippen LogP contribution in [0.5, 0.6) is 0 Å². The van der Waals surface area contributed by atoms with Crippen molar-refractivity contribution in [2.45, 2.75) is 32.4 Å². The quantitative estimate of drug-likeness (QED) is 0.520. The summed E-state index contributed by atoms with van der Waals surface area (Å²) < 4.78 is 1.57. The van der Waals surface area contributed by atoms with Gasteiger partial charge in [-0.3, -0.25) is 4.79 Å². The lowest BCUT2D eigenvalue weighted by Crippen LogP contribution is -2.15. The fraction of sp³-hybridized carbons (Fsp3) is 0.238. The Balaban J connectivity index is 1.29. The molecule has 31 heavy (non-hydrogen) atoms. The maximum absolute atomic E-state index is 12.7. The van der Waals surface area contributed by atoms with Gasteiger partial charge in [-0.05, 0) is 42.5 Å². The number of hydrogen-bond donors (Lipinski definition) is 1. The largest absolute Gasteiger partial charge is 0.311 e. The number of carbonyl (C=O) groups excluding carboxylic acids is 1. The summed E-state index contributed by atoms with van der Waals surface area (Å²) in [6.07, 6.45) is 5.76. The van der Waals surface area contributed by atoms with Crippen LogP contribution in [0.2, 0.25) is 0 Å². The maximum Gasteiger partial charge on any atom is 0.276 e. The maximum atomic E-state index is 12.7. The van der Waals surface area contributed by atoms with E-state index in [1.165, 1.54) is 21.0 Å². The van der Waals surface area contributed by atoms with Crippen molar-refractivity contribution in [2.24, 2.45) is 0 Å². The molecule has 10 heteroatoms. The smallest absolute Gasteiger partial charge is 0.276 e. The van der Waals surface area contributed by atoms with Crippen molar-refractivity contribution >= 4 is 22.2 Å². The number of fused-ring (bicyclic) bond motifs is 1. The Hall–Kier alpha value is -3.84. The molecule has 0 saturated carbocycles. The first-order chi connectivity index (χ1) is 15.2. The van der Waals surface area contributed by atoms with E-state index in [1.54, 1.807) is 16.9 Å². The lowest BCUT2D eigenvalue weighted by molar-refractivity contribution is 0.102. The Kier molecular flexibility index (Phi) is 5.01. The van der Waals surface area contributed by atoms with Gasteiger partial charge in [0.25, 0.3) is 5.91 Å². The van der Waals surface area contributed by atoms with E-state index in [9.17, 15) is 10.1 Å². The minimum absolute atomic E-state index is 0.226. The van der Waals surface area contributed by atoms with E-state index in [4.69, 9.17) is 0 Å². The molecule has 154 valence electrons. The molecule has 0 spiro atoms. The Morgan fingerprint density at radius 3 is 2.84 bits per heavy atom. The third-order valence-electron chi connectivity index (χ3n) is 5.14. The van der Waals surface area contributed by atoms with Crippen molar-refractivity contribution in [1.29, 1.82) is 5.26 Å². The van der Waals surface area contributed by atoms with E-state index in [2.05, 4.69) is 31.9 Å². The van der Waals surface area contributed by atoms with Crippen molar-refractivity contribution in [2.75, 3.05) is 5.32 Å². The van der Waals surface area contributed by atoms with Crippen molar-refractivity contribution in [3.63, 3.8) is 0 Å². The van der Waals surface area contributed by atoms with Gasteiger partial charge in [-0.25, -0.2) is 4.68 Å². The van der Waals surface area contributed by atoms with Crippen molar-refractivity contribution < 1.29 is 4.79 Å². The van der Waals surface area contributed by atoms with Crippen LogP contribution in [0.15, 0.2) is 42.6 Å². The van der Waals surface area contributed by atoms with Gasteiger partial charge in [0.1, 0.15) is 11.1 Å². The highest BCUT2D eigenvalue weighted by molar-refractivity contribution is 7.16. The van der Waals surface area contributed by atoms with Crippen LogP contribution in [0.3, 0.4) is 0 Å². The molecule has 0 bridgehead atoms. The Morgan fingerprint density at radius 2 is 2.00 bits per heavy atom. The number of hydrogen-bond acceptors (Lipinski definition) is 7. The second-order valence-corrected chi connectivity index (χ2v) is 8.32. The van der Waals surface area contributed by atoms with Crippen molar-refractivity contribution in [1.82, 2.24) is 30.0 Å². The van der Waals surface area contributed by atoms with E-state index >= 15 is 0 Å². The normalized spacial score (nSPS) is 12.9. The lowest BCUT2D eigenvalue weighted by atomic mass is 9.96. The van der Waals surface area contributed by atoms with Gasteiger partial charge in [0.15, 0.2) is 12.4 Å². The zero-order chi connectivity index (χ0) is 21.2. The zero-order valence-electron chi connectivity index (χ0n) is 16.5. The van der Waals surface area contributed by atoms with Gasteiger partial charge in [0, 0.05) is 16.6 Å². The molecule has 0 aliphatic heterocycles. The van der Waals surface area contributed by atoms with Gasteiger partial charge in [0.05, 0.1) is 5.56 Å². The molecule has 0 radical (unpaired) electrons. The second-order valence-electron chi connectivity index (χ2n) is 7.21. The topological polar surface area (TPSA) is 114 Å². The lowest BCUT2D eigenvalue weighted by Gasteiger charge is -2.09. The predicted molar refractivity (Wildman–Crippen MR) is 115 cm³/mol. The Bertz CT molecular complexity index is 1280. The van der Waals surface area contributed by atoms with Crippen LogP contribution in [0.25, 0.3) is 11.4 Å². The number of anilines is 1. The number of carbonyl (C=O) groups is 1. The van der Waals surface area contributed by atoms with Crippen molar-refractivity contribution in [3.05, 3.63) is 64.3 Å². The summed E-state index contributed by atoms with van der Waals surface area (Å²) in [5, 5.41) is 29.8. The van der Waals surface area contributed by atoms with Crippen molar-refractivity contribution in [3.8, 4) is 17.5 Å². The van der Waals surface area contributed by atoms with E-state index in [1.807, 2.05) is 30.3 Å². The number of nitriles is 1. The average Bonchev–Trinajstić information content (AvgIpc) is 3.53. The molecule has 1 amide bonds. The highest BCUT2D eigenvalue weighted by Crippen LogP contribution is 2.37. The minimum Gasteiger partial charge on any atom is -0.311 e. The highest BCUT2D eigenvalue weighted by atomic mass is 32.1. The van der Waals surface area contributed by atoms with Gasteiger partial charge in [-0.15, -0.1) is 26.3 Å². The molecule has 9 nitrogen and oxygen atoms in total. The summed E-state index contributed by atoms with van der Waals surface area (Å²) in [4.78, 5) is 15.3. The Morgan fingerprint density at radius 1 is 1.16 bits per heavy atom. The molecular weight excluding hydrogens is 412 g/mol. The summed E-state index contributed by atoms with van der Waals surface area (Å²) in [6, 6.07) is 13.5. The van der Waals surface area contributed by atoms with E-state index in [0.717, 1.165) is 36.8 Å². The van der Waals surface area contributed by atoms with Gasteiger partial charge in [-0.1, -0.05) is 30.3 Å². The first-order valence-electron chi connectivity index (χ1n) is 9.94. The number of tetrazole rings is 1. The summed E-state index contributed by atoms with van der Waals surface area (Å²) in [6.45, 7) is 0.226. The van der Waals surface area contributed by atoms with Crippen LogP contribution in [-0.2, 0) is 19.5 Å². The van der Waals surface area contributed by atoms with Gasteiger partial charge >= 0.3 is 0 Å². The molecule has 4 aromatic rings. The molecule has 0 saturated heterocycles. The number of thiophene rings is 1. The molecule has 3 heterocycles. The van der Waals surface area contributed by atoms with Crippen LogP contribution in [0, 0.1) is 11.3 Å². The van der Waals surface area contributed by atoms with E-state index in [-0.39, 0.29) is 18.3 Å². The number of benzene rings is 1. The molecule has 1 N–H and O–H groups in total. The zero-order valence-corrected chi connectivity index (χ0v) is 17.3. The first kappa shape index (κ1) is 19.1. The second kappa shape index (κ2) is 8.12. The average molecular weight is 430 g/mol. The molecule has 5 rings (SSSR count). The van der Waals surface area contributed by atoms with Crippen LogP contribution in [0.1, 0.15) is 39.3 Å². The molecule has 1 aliphatic rings. The monoisotopic (exact) mass is 430 g/mol. The summed E-state index contributed by atoms with van der Waals surface area (Å²) in [7, 11) is 0. The molecule has 0 atom stereocenters. The molecule has 1 aromatic carbocycles. The number of amides is 1. The van der Waals surface area contributed by atoms with Gasteiger partial charge in [0.2, 0.25) is 5.82 Å². The van der Waals surface area contributed by atoms with Crippen LogP contribution in [0.4, 0.5) is 5.00 Å². The number of nitrogens with one attached hydrogen (secondary N) is 1. The predicted octanol–water partition coefficient (Wildman–Crippen LogP) is 3.11. The number of aromatic nitrogens is 6. The first-order valence-corrected chi connectivity index (χ1v) is 10.8. The number of rotatable bonds is 5. The standard InChI is InChI=1S/C21H18N8OS/c22-12-16-15-8-4-5-9-18(15)31-21(16)23-20(30)17-10-11-28(25-17)13-29-26-19(24-27-29)14-6-2-1-3-7-14/h1-3,6-7,10-11H,4-5,8-9,13H2,(H,23,30). The molecular formula is C21H18N8OS. The number of aryl methyl sites for hydroxylation is 1. The van der Waals surface area contributed by atoms with Crippen LogP contribution >= 0.6 is 11.3 Å². The van der Waals surface area contributed by atoms with Gasteiger partial charge in [-0.2, -0.15) is 10.4 Å². The minimum atomic E-state index is -0.342. The molecule has 0 fully saturated rings. The highest BCUT2D eigenvalue weighted by Gasteiger charge is 2.22. The van der Waals surface area contributed by atoms with E-state index < -0.39 is 0 Å². The Labute approximate surface area is 181 Å². The van der Waals surface area contributed by atoms with Crippen LogP contribution in [-0.4, -0.2) is 35.9 Å². The SMILES string of the molecule is N#Cc1c(NC(=O)c2ccn(Cn3nnc(-c4ccccc4)n3)n2)sc2c1CCCC2. The van der Waals surface area contributed by atoms with Crippen LogP contribution < -0.4 is 5.32 Å².